The van der Waals surface area contributed by atoms with Gasteiger partial charge in [-0.1, -0.05) is 168 Å². The van der Waals surface area contributed by atoms with Crippen molar-refractivity contribution in [1.29, 1.82) is 0 Å². The number of rotatable bonds is 28. The third-order valence-electron chi connectivity index (χ3n) is 6.91. The van der Waals surface area contributed by atoms with Gasteiger partial charge in [0.25, 0.3) is 0 Å². The predicted octanol–water partition coefficient (Wildman–Crippen LogP) is 10.8. The standard InChI is InChI=1S/C30H63N/c1-3-5-7-9-10-11-12-13-14-15-16-17-18-19-20-21-22-23-24-25-26-28-30-31-29-27-8-6-4-2/h31H,3-30H2,1-2H3. The van der Waals surface area contributed by atoms with Gasteiger partial charge in [0.2, 0.25) is 0 Å². The minimum Gasteiger partial charge on any atom is -0.317 e. The predicted molar refractivity (Wildman–Crippen MR) is 144 cm³/mol. The maximum Gasteiger partial charge on any atom is -0.00489 e. The lowest BCUT2D eigenvalue weighted by Crippen LogP contribution is -2.16. The summed E-state index contributed by atoms with van der Waals surface area (Å²) in [6.07, 6.45) is 37.8. The molecule has 0 aliphatic rings. The van der Waals surface area contributed by atoms with Gasteiger partial charge in [-0.05, 0) is 25.9 Å². The molecule has 0 heterocycles. The first-order valence-corrected chi connectivity index (χ1v) is 15.1. The zero-order chi connectivity index (χ0) is 22.5. The monoisotopic (exact) mass is 437 g/mol. The van der Waals surface area contributed by atoms with E-state index >= 15 is 0 Å². The number of hydrogen-bond donors (Lipinski definition) is 1. The van der Waals surface area contributed by atoms with Crippen LogP contribution in [0.15, 0.2) is 0 Å². The molecule has 0 aromatic rings. The quantitative estimate of drug-likeness (QED) is 0.120. The van der Waals surface area contributed by atoms with Gasteiger partial charge >= 0.3 is 0 Å². The fourth-order valence-corrected chi connectivity index (χ4v) is 4.66. The topological polar surface area (TPSA) is 12.0 Å². The largest absolute Gasteiger partial charge is 0.317 e. The van der Waals surface area contributed by atoms with E-state index in [9.17, 15) is 0 Å². The van der Waals surface area contributed by atoms with Crippen molar-refractivity contribution < 1.29 is 0 Å². The minimum absolute atomic E-state index is 1.24. The Morgan fingerprint density at radius 3 is 0.710 bits per heavy atom. The number of hydrogen-bond acceptors (Lipinski definition) is 1. The Kier molecular flexibility index (Phi) is 29.9. The van der Waals surface area contributed by atoms with Crippen molar-refractivity contribution in [2.24, 2.45) is 0 Å². The summed E-state index contributed by atoms with van der Waals surface area (Å²) in [7, 11) is 0. The summed E-state index contributed by atoms with van der Waals surface area (Å²) >= 11 is 0. The van der Waals surface area contributed by atoms with E-state index in [0.717, 1.165) is 0 Å². The second kappa shape index (κ2) is 30.0. The Hall–Kier alpha value is -0.0400. The summed E-state index contributed by atoms with van der Waals surface area (Å²) in [5, 5.41) is 3.61. The lowest BCUT2D eigenvalue weighted by molar-refractivity contribution is 0.516. The summed E-state index contributed by atoms with van der Waals surface area (Å²) in [6, 6.07) is 0. The summed E-state index contributed by atoms with van der Waals surface area (Å²) in [4.78, 5) is 0. The summed E-state index contributed by atoms with van der Waals surface area (Å²) < 4.78 is 0. The highest BCUT2D eigenvalue weighted by Crippen LogP contribution is 2.15. The van der Waals surface area contributed by atoms with Crippen LogP contribution in [0.3, 0.4) is 0 Å². The maximum atomic E-state index is 3.61. The Morgan fingerprint density at radius 1 is 0.258 bits per heavy atom. The van der Waals surface area contributed by atoms with E-state index in [4.69, 9.17) is 0 Å². The normalized spacial score (nSPS) is 11.4. The van der Waals surface area contributed by atoms with Crippen LogP contribution in [-0.2, 0) is 0 Å². The van der Waals surface area contributed by atoms with Crippen LogP contribution in [0.25, 0.3) is 0 Å². The van der Waals surface area contributed by atoms with Gasteiger partial charge in [-0.3, -0.25) is 0 Å². The van der Waals surface area contributed by atoms with Crippen molar-refractivity contribution in [3.05, 3.63) is 0 Å². The van der Waals surface area contributed by atoms with E-state index in [-0.39, 0.29) is 0 Å². The van der Waals surface area contributed by atoms with Crippen molar-refractivity contribution in [1.82, 2.24) is 5.32 Å². The molecule has 0 spiro atoms. The molecule has 0 amide bonds. The summed E-state index contributed by atoms with van der Waals surface area (Å²) in [5.74, 6) is 0. The molecule has 0 fully saturated rings. The van der Waals surface area contributed by atoms with E-state index in [1.807, 2.05) is 0 Å². The summed E-state index contributed by atoms with van der Waals surface area (Å²) in [5.41, 5.74) is 0. The molecule has 0 atom stereocenters. The van der Waals surface area contributed by atoms with Gasteiger partial charge in [-0.2, -0.15) is 0 Å². The zero-order valence-electron chi connectivity index (χ0n) is 22.3. The van der Waals surface area contributed by atoms with Gasteiger partial charge in [0.05, 0.1) is 0 Å². The molecular formula is C30H63N. The Morgan fingerprint density at radius 2 is 0.452 bits per heavy atom. The lowest BCUT2D eigenvalue weighted by atomic mass is 10.0. The van der Waals surface area contributed by atoms with E-state index in [1.165, 1.54) is 180 Å². The van der Waals surface area contributed by atoms with Gasteiger partial charge in [0, 0.05) is 0 Å². The van der Waals surface area contributed by atoms with Crippen molar-refractivity contribution in [3.63, 3.8) is 0 Å². The van der Waals surface area contributed by atoms with Gasteiger partial charge in [-0.25, -0.2) is 0 Å². The molecule has 188 valence electrons. The van der Waals surface area contributed by atoms with Crippen LogP contribution < -0.4 is 5.32 Å². The molecule has 0 bridgehead atoms. The second-order valence-electron chi connectivity index (χ2n) is 10.2. The third-order valence-corrected chi connectivity index (χ3v) is 6.91. The molecule has 0 saturated heterocycles. The molecule has 31 heavy (non-hydrogen) atoms. The minimum atomic E-state index is 1.24. The number of nitrogens with one attached hydrogen (secondary N) is 1. The van der Waals surface area contributed by atoms with E-state index in [2.05, 4.69) is 19.2 Å². The Bertz CT molecular complexity index is 260. The molecule has 0 aromatic carbocycles. The number of unbranched alkanes of at least 4 members (excludes halogenated alkanes) is 24. The highest BCUT2D eigenvalue weighted by Gasteiger charge is 1.96. The molecular weight excluding hydrogens is 374 g/mol. The molecule has 0 saturated carbocycles. The molecule has 1 N–H and O–H groups in total. The van der Waals surface area contributed by atoms with Crippen LogP contribution in [0, 0.1) is 0 Å². The van der Waals surface area contributed by atoms with E-state index < -0.39 is 0 Å². The Balaban J connectivity index is 2.98. The van der Waals surface area contributed by atoms with Crippen molar-refractivity contribution in [3.8, 4) is 0 Å². The molecule has 1 nitrogen and oxygen atoms in total. The molecule has 1 heteroatoms. The fraction of sp³-hybridized carbons (Fsp3) is 1.00. The lowest BCUT2D eigenvalue weighted by Gasteiger charge is -2.05. The van der Waals surface area contributed by atoms with Crippen LogP contribution in [0.4, 0.5) is 0 Å². The fourth-order valence-electron chi connectivity index (χ4n) is 4.66. The smallest absolute Gasteiger partial charge is 0.00489 e. The van der Waals surface area contributed by atoms with E-state index in [0.29, 0.717) is 0 Å². The van der Waals surface area contributed by atoms with Crippen LogP contribution in [0.5, 0.6) is 0 Å². The molecule has 0 aliphatic heterocycles. The average Bonchev–Trinajstić information content (AvgIpc) is 2.78. The van der Waals surface area contributed by atoms with Crippen LogP contribution >= 0.6 is 0 Å². The average molecular weight is 438 g/mol. The first kappa shape index (κ1) is 31.0. The van der Waals surface area contributed by atoms with Gasteiger partial charge < -0.3 is 5.32 Å². The third kappa shape index (κ3) is 30.0. The maximum absolute atomic E-state index is 3.61. The van der Waals surface area contributed by atoms with Crippen molar-refractivity contribution in [2.75, 3.05) is 13.1 Å². The Labute approximate surface area is 199 Å². The highest BCUT2D eigenvalue weighted by molar-refractivity contribution is 4.53. The van der Waals surface area contributed by atoms with Crippen molar-refractivity contribution >= 4 is 0 Å². The molecule has 0 unspecified atom stereocenters. The van der Waals surface area contributed by atoms with Crippen molar-refractivity contribution in [2.45, 2.75) is 181 Å². The van der Waals surface area contributed by atoms with Crippen LogP contribution in [0.2, 0.25) is 0 Å². The van der Waals surface area contributed by atoms with Crippen LogP contribution in [-0.4, -0.2) is 13.1 Å². The molecule has 0 radical (unpaired) electrons. The second-order valence-corrected chi connectivity index (χ2v) is 10.2. The van der Waals surface area contributed by atoms with E-state index in [1.54, 1.807) is 0 Å². The molecule has 0 aromatic heterocycles. The molecule has 0 aliphatic carbocycles. The van der Waals surface area contributed by atoms with Gasteiger partial charge in [0.15, 0.2) is 0 Å². The van der Waals surface area contributed by atoms with Gasteiger partial charge in [0.1, 0.15) is 0 Å². The zero-order valence-corrected chi connectivity index (χ0v) is 22.3. The van der Waals surface area contributed by atoms with Crippen LogP contribution in [0.1, 0.15) is 181 Å². The summed E-state index contributed by atoms with van der Waals surface area (Å²) in [6.45, 7) is 7.07. The molecule has 0 rings (SSSR count). The first-order chi connectivity index (χ1) is 15.4. The first-order valence-electron chi connectivity index (χ1n) is 15.1. The SMILES string of the molecule is CCCCCCCCCCCCCCCCCCCCCCCCNCCCCCC. The van der Waals surface area contributed by atoms with Gasteiger partial charge in [-0.15, -0.1) is 0 Å². The highest BCUT2D eigenvalue weighted by atomic mass is 14.8.